The summed E-state index contributed by atoms with van der Waals surface area (Å²) in [4.78, 5) is 0. The van der Waals surface area contributed by atoms with Crippen LogP contribution in [0.2, 0.25) is 5.02 Å². The van der Waals surface area contributed by atoms with Crippen molar-refractivity contribution in [2.45, 2.75) is 18.6 Å². The molecular weight excluding hydrogens is 215 g/mol. The minimum Gasteiger partial charge on any atom is -0.320 e. The number of hydrogen-bond donors (Lipinski definition) is 1. The van der Waals surface area contributed by atoms with Gasteiger partial charge in [0.2, 0.25) is 0 Å². The molecule has 0 spiro atoms. The van der Waals surface area contributed by atoms with E-state index in [4.69, 9.17) is 17.3 Å². The lowest BCUT2D eigenvalue weighted by Crippen LogP contribution is -2.39. The Morgan fingerprint density at radius 2 is 2.00 bits per heavy atom. The first-order valence-corrected chi connectivity index (χ1v) is 4.34. The fraction of sp³-hybridized carbons (Fsp3) is 0.333. The molecule has 0 saturated heterocycles. The Morgan fingerprint density at radius 3 is 2.50 bits per heavy atom. The summed E-state index contributed by atoms with van der Waals surface area (Å²) in [5, 5.41) is 0.414. The molecule has 0 saturated carbocycles. The highest BCUT2D eigenvalue weighted by Crippen LogP contribution is 2.22. The van der Waals surface area contributed by atoms with E-state index in [-0.39, 0.29) is 6.42 Å². The highest BCUT2D eigenvalue weighted by atomic mass is 35.5. The van der Waals surface area contributed by atoms with Crippen molar-refractivity contribution in [1.29, 1.82) is 0 Å². The molecule has 14 heavy (non-hydrogen) atoms. The van der Waals surface area contributed by atoms with Crippen LogP contribution in [0.1, 0.15) is 5.56 Å². The van der Waals surface area contributed by atoms with Gasteiger partial charge in [-0.25, -0.2) is 0 Å². The normalized spacial score (nSPS) is 14.1. The van der Waals surface area contributed by atoms with Crippen LogP contribution in [0.4, 0.5) is 13.2 Å². The molecule has 0 bridgehead atoms. The van der Waals surface area contributed by atoms with Crippen LogP contribution in [0, 0.1) is 0 Å². The minimum absolute atomic E-state index is 0.246. The average molecular weight is 224 g/mol. The second kappa shape index (κ2) is 4.19. The molecule has 1 aromatic carbocycles. The van der Waals surface area contributed by atoms with E-state index in [9.17, 15) is 13.2 Å². The van der Waals surface area contributed by atoms with E-state index in [1.165, 1.54) is 6.07 Å². The molecule has 0 aliphatic heterocycles. The van der Waals surface area contributed by atoms with Gasteiger partial charge in [0.05, 0.1) is 0 Å². The van der Waals surface area contributed by atoms with E-state index in [1.807, 2.05) is 0 Å². The maximum atomic E-state index is 12.1. The second-order valence-corrected chi connectivity index (χ2v) is 3.42. The van der Waals surface area contributed by atoms with Crippen LogP contribution in [-0.4, -0.2) is 12.2 Å². The molecule has 2 N–H and O–H groups in total. The number of halogens is 4. The number of rotatable bonds is 2. The van der Waals surface area contributed by atoms with Crippen LogP contribution >= 0.6 is 11.6 Å². The van der Waals surface area contributed by atoms with Crippen molar-refractivity contribution in [3.05, 3.63) is 34.9 Å². The standard InChI is InChI=1S/C9H9ClF3N/c10-7-3-1-2-6(4-7)5-8(14)9(11,12)13/h1-4,8H,5,14H2. The zero-order chi connectivity index (χ0) is 10.8. The van der Waals surface area contributed by atoms with Crippen LogP contribution in [0.15, 0.2) is 24.3 Å². The monoisotopic (exact) mass is 223 g/mol. The van der Waals surface area contributed by atoms with Crippen LogP contribution in [0.5, 0.6) is 0 Å². The molecule has 0 aromatic heterocycles. The first kappa shape index (κ1) is 11.3. The maximum absolute atomic E-state index is 12.1. The average Bonchev–Trinajstić information content (AvgIpc) is 2.02. The molecule has 78 valence electrons. The Morgan fingerprint density at radius 1 is 1.36 bits per heavy atom. The zero-order valence-corrected chi connectivity index (χ0v) is 7.94. The third-order valence-electron chi connectivity index (χ3n) is 1.77. The van der Waals surface area contributed by atoms with Crippen molar-refractivity contribution < 1.29 is 13.2 Å². The summed E-state index contributed by atoms with van der Waals surface area (Å²) >= 11 is 5.62. The fourth-order valence-electron chi connectivity index (χ4n) is 1.03. The zero-order valence-electron chi connectivity index (χ0n) is 7.18. The third-order valence-corrected chi connectivity index (χ3v) is 2.00. The summed E-state index contributed by atoms with van der Waals surface area (Å²) < 4.78 is 36.2. The van der Waals surface area contributed by atoms with Gasteiger partial charge in [-0.15, -0.1) is 0 Å². The lowest BCUT2D eigenvalue weighted by Gasteiger charge is -2.15. The van der Waals surface area contributed by atoms with E-state index in [0.717, 1.165) is 0 Å². The minimum atomic E-state index is -4.36. The summed E-state index contributed by atoms with van der Waals surface area (Å²) in [5.74, 6) is 0. The van der Waals surface area contributed by atoms with Gasteiger partial charge in [0.15, 0.2) is 0 Å². The largest absolute Gasteiger partial charge is 0.403 e. The van der Waals surface area contributed by atoms with Gasteiger partial charge >= 0.3 is 6.18 Å². The van der Waals surface area contributed by atoms with Gasteiger partial charge in [0.25, 0.3) is 0 Å². The number of nitrogens with two attached hydrogens (primary N) is 1. The van der Waals surface area contributed by atoms with Crippen LogP contribution in [0.3, 0.4) is 0 Å². The maximum Gasteiger partial charge on any atom is 0.403 e. The Kier molecular flexibility index (Phi) is 3.39. The lowest BCUT2D eigenvalue weighted by atomic mass is 10.1. The summed E-state index contributed by atoms with van der Waals surface area (Å²) in [6, 6.07) is 4.41. The topological polar surface area (TPSA) is 26.0 Å². The molecule has 1 rings (SSSR count). The summed E-state index contributed by atoms with van der Waals surface area (Å²) in [6.07, 6.45) is -4.60. The molecule has 0 aliphatic rings. The first-order chi connectivity index (χ1) is 6.39. The van der Waals surface area contributed by atoms with Crippen LogP contribution in [-0.2, 0) is 6.42 Å². The first-order valence-electron chi connectivity index (χ1n) is 3.96. The van der Waals surface area contributed by atoms with E-state index in [2.05, 4.69) is 0 Å². The van der Waals surface area contributed by atoms with Crippen molar-refractivity contribution in [3.8, 4) is 0 Å². The van der Waals surface area contributed by atoms with E-state index in [1.54, 1.807) is 18.2 Å². The van der Waals surface area contributed by atoms with Gasteiger partial charge in [-0.3, -0.25) is 0 Å². The smallest absolute Gasteiger partial charge is 0.320 e. The number of alkyl halides is 3. The van der Waals surface area contributed by atoms with Gasteiger partial charge < -0.3 is 5.73 Å². The quantitative estimate of drug-likeness (QED) is 0.820. The molecule has 0 aliphatic carbocycles. The van der Waals surface area contributed by atoms with E-state index >= 15 is 0 Å². The van der Waals surface area contributed by atoms with Gasteiger partial charge in [-0.05, 0) is 24.1 Å². The van der Waals surface area contributed by atoms with E-state index < -0.39 is 12.2 Å². The molecule has 0 fully saturated rings. The van der Waals surface area contributed by atoms with Gasteiger partial charge in [-0.1, -0.05) is 23.7 Å². The van der Waals surface area contributed by atoms with Crippen molar-refractivity contribution in [3.63, 3.8) is 0 Å². The Labute approximate surface area is 84.7 Å². The Bertz CT molecular complexity index is 311. The van der Waals surface area contributed by atoms with Crippen LogP contribution < -0.4 is 5.73 Å². The highest BCUT2D eigenvalue weighted by molar-refractivity contribution is 6.30. The number of benzene rings is 1. The Balaban J connectivity index is 2.70. The SMILES string of the molecule is NC(Cc1cccc(Cl)c1)C(F)(F)F. The van der Waals surface area contributed by atoms with E-state index in [0.29, 0.717) is 10.6 Å². The van der Waals surface area contributed by atoms with Crippen molar-refractivity contribution in [2.24, 2.45) is 5.73 Å². The molecule has 0 heterocycles. The molecular formula is C9H9ClF3N. The number of hydrogen-bond acceptors (Lipinski definition) is 1. The predicted octanol–water partition coefficient (Wildman–Crippen LogP) is 2.77. The van der Waals surface area contributed by atoms with Crippen molar-refractivity contribution in [1.82, 2.24) is 0 Å². The third kappa shape index (κ3) is 3.20. The second-order valence-electron chi connectivity index (χ2n) is 2.98. The summed E-state index contributed by atoms with van der Waals surface area (Å²) in [7, 11) is 0. The summed E-state index contributed by atoms with van der Waals surface area (Å²) in [6.45, 7) is 0. The van der Waals surface area contributed by atoms with Crippen LogP contribution in [0.25, 0.3) is 0 Å². The molecule has 0 amide bonds. The lowest BCUT2D eigenvalue weighted by molar-refractivity contribution is -0.147. The highest BCUT2D eigenvalue weighted by Gasteiger charge is 2.36. The molecule has 1 aromatic rings. The van der Waals surface area contributed by atoms with Gasteiger partial charge in [-0.2, -0.15) is 13.2 Å². The molecule has 1 nitrogen and oxygen atoms in total. The van der Waals surface area contributed by atoms with Crippen molar-refractivity contribution in [2.75, 3.05) is 0 Å². The molecule has 1 atom stereocenters. The Hall–Kier alpha value is -0.740. The van der Waals surface area contributed by atoms with Crippen molar-refractivity contribution >= 4 is 11.6 Å². The van der Waals surface area contributed by atoms with Gasteiger partial charge in [0, 0.05) is 5.02 Å². The molecule has 1 unspecified atom stereocenters. The molecule has 5 heteroatoms. The van der Waals surface area contributed by atoms with Gasteiger partial charge in [0.1, 0.15) is 6.04 Å². The summed E-state index contributed by atoms with van der Waals surface area (Å²) in [5.41, 5.74) is 5.45. The molecule has 0 radical (unpaired) electrons. The fourth-order valence-corrected chi connectivity index (χ4v) is 1.25. The predicted molar refractivity (Wildman–Crippen MR) is 49.2 cm³/mol.